The van der Waals surface area contributed by atoms with Gasteiger partial charge in [0.15, 0.2) is 0 Å². The van der Waals surface area contributed by atoms with Gasteiger partial charge in [-0.15, -0.1) is 0 Å². The van der Waals surface area contributed by atoms with Gasteiger partial charge in [-0.1, -0.05) is 23.2 Å². The first kappa shape index (κ1) is 19.8. The highest BCUT2D eigenvalue weighted by Crippen LogP contribution is 2.26. The number of aromatic nitrogens is 4. The van der Waals surface area contributed by atoms with Crippen molar-refractivity contribution < 1.29 is 8.42 Å². The van der Waals surface area contributed by atoms with Gasteiger partial charge in [-0.25, -0.2) is 22.4 Å². The van der Waals surface area contributed by atoms with Crippen LogP contribution in [0, 0.1) is 6.92 Å². The molecule has 0 radical (unpaired) electrons. The Morgan fingerprint density at radius 1 is 1.26 bits per heavy atom. The van der Waals surface area contributed by atoms with Crippen molar-refractivity contribution in [2.24, 2.45) is 0 Å². The fourth-order valence-electron chi connectivity index (χ4n) is 2.65. The molecule has 0 fully saturated rings. The minimum Gasteiger partial charge on any atom is -0.340 e. The van der Waals surface area contributed by atoms with Crippen molar-refractivity contribution in [3.63, 3.8) is 0 Å². The van der Waals surface area contributed by atoms with E-state index >= 15 is 0 Å². The number of benzene rings is 1. The van der Waals surface area contributed by atoms with E-state index in [1.807, 2.05) is 0 Å². The number of aryl methyl sites for hydroxylation is 1. The van der Waals surface area contributed by atoms with E-state index in [4.69, 9.17) is 23.2 Å². The number of hydrogen-bond donors (Lipinski definition) is 1. The zero-order chi connectivity index (χ0) is 20.1. The minimum atomic E-state index is -3.60. The Kier molecular flexibility index (Phi) is 5.06. The van der Waals surface area contributed by atoms with Gasteiger partial charge in [0.2, 0.25) is 10.0 Å². The van der Waals surface area contributed by atoms with Crippen LogP contribution in [0.3, 0.4) is 0 Å². The Labute approximate surface area is 165 Å². The number of hydrogen-bond acceptors (Lipinski definition) is 5. The second-order valence-electron chi connectivity index (χ2n) is 6.28. The second-order valence-corrected chi connectivity index (χ2v) is 9.18. The molecule has 8 nitrogen and oxygen atoms in total. The van der Waals surface area contributed by atoms with Crippen LogP contribution < -0.4 is 5.56 Å². The Hall–Kier alpha value is -1.94. The molecule has 0 spiro atoms. The molecule has 0 aliphatic heterocycles. The highest BCUT2D eigenvalue weighted by Gasteiger charge is 2.23. The molecule has 0 unspecified atom stereocenters. The smallest absolute Gasteiger partial charge is 0.287 e. The van der Waals surface area contributed by atoms with Crippen LogP contribution in [0.25, 0.3) is 11.0 Å². The zero-order valence-electron chi connectivity index (χ0n) is 15.0. The summed E-state index contributed by atoms with van der Waals surface area (Å²) in [7, 11) is -0.656. The van der Waals surface area contributed by atoms with Gasteiger partial charge in [0.25, 0.3) is 5.56 Å². The summed E-state index contributed by atoms with van der Waals surface area (Å²) in [5.41, 5.74) is 1.17. The number of nitrogens with zero attached hydrogens (tertiary/aromatic N) is 4. The van der Waals surface area contributed by atoms with Gasteiger partial charge in [-0.2, -0.15) is 5.10 Å². The van der Waals surface area contributed by atoms with E-state index in [1.54, 1.807) is 19.9 Å². The van der Waals surface area contributed by atoms with Crippen molar-refractivity contribution in [2.45, 2.75) is 24.8 Å². The number of aromatic amines is 1. The average molecular weight is 430 g/mol. The fourth-order valence-corrected chi connectivity index (χ4v) is 4.03. The van der Waals surface area contributed by atoms with Crippen molar-refractivity contribution in [1.82, 2.24) is 24.1 Å². The molecule has 2 aromatic heterocycles. The Balaban J connectivity index is 2.13. The molecule has 3 aromatic rings. The third kappa shape index (κ3) is 3.36. The highest BCUT2D eigenvalue weighted by molar-refractivity contribution is 7.89. The molecule has 1 N–H and O–H groups in total. The molecule has 2 heterocycles. The first-order valence-electron chi connectivity index (χ1n) is 7.89. The third-order valence-electron chi connectivity index (χ3n) is 4.22. The fraction of sp³-hybridized carbons (Fsp3) is 0.312. The molecule has 27 heavy (non-hydrogen) atoms. The molecule has 0 saturated heterocycles. The van der Waals surface area contributed by atoms with Gasteiger partial charge in [-0.3, -0.25) is 4.79 Å². The van der Waals surface area contributed by atoms with Crippen molar-refractivity contribution in [3.05, 3.63) is 50.1 Å². The van der Waals surface area contributed by atoms with Gasteiger partial charge in [-0.05, 0) is 31.5 Å². The molecule has 3 rings (SSSR count). The average Bonchev–Trinajstić information content (AvgIpc) is 3.01. The molecule has 1 aromatic carbocycles. The molecule has 1 atom stereocenters. The standard InChI is InChI=1S/C16H17Cl2N5O3S/c1-8-5-11-12(6-13(8)27(25,26)22(3)4)21-15(20-11)9(2)23-16(24)14(18)10(17)7-19-23/h5-7,9H,1-4H3,(H,20,21)/t9-/m1/s1. The second kappa shape index (κ2) is 6.90. The van der Waals surface area contributed by atoms with E-state index in [-0.39, 0.29) is 14.9 Å². The highest BCUT2D eigenvalue weighted by atomic mass is 35.5. The van der Waals surface area contributed by atoms with E-state index in [0.29, 0.717) is 22.4 Å². The molecule has 0 aliphatic rings. The molecule has 0 bridgehead atoms. The minimum absolute atomic E-state index is 0.0730. The maximum Gasteiger partial charge on any atom is 0.287 e. The number of sulfonamides is 1. The van der Waals surface area contributed by atoms with E-state index in [2.05, 4.69) is 15.1 Å². The number of fused-ring (bicyclic) bond motifs is 1. The van der Waals surface area contributed by atoms with Crippen molar-refractivity contribution >= 4 is 44.3 Å². The summed E-state index contributed by atoms with van der Waals surface area (Å²) in [5, 5.41) is 3.96. The maximum absolute atomic E-state index is 12.5. The predicted octanol–water partition coefficient (Wildman–Crippen LogP) is 2.59. The van der Waals surface area contributed by atoms with E-state index in [0.717, 1.165) is 8.99 Å². The van der Waals surface area contributed by atoms with Crippen LogP contribution in [0.15, 0.2) is 28.0 Å². The number of halogens is 2. The van der Waals surface area contributed by atoms with Crippen molar-refractivity contribution in [2.75, 3.05) is 14.1 Å². The lowest BCUT2D eigenvalue weighted by Crippen LogP contribution is -2.27. The summed E-state index contributed by atoms with van der Waals surface area (Å²) in [6, 6.07) is 2.66. The number of H-pyrrole nitrogens is 1. The van der Waals surface area contributed by atoms with E-state index in [1.165, 1.54) is 26.4 Å². The summed E-state index contributed by atoms with van der Waals surface area (Å²) in [5.74, 6) is 0.441. The molecule has 144 valence electrons. The van der Waals surface area contributed by atoms with Crippen molar-refractivity contribution in [3.8, 4) is 0 Å². The summed E-state index contributed by atoms with van der Waals surface area (Å²) in [4.78, 5) is 20.0. The lowest BCUT2D eigenvalue weighted by molar-refractivity contribution is 0.512. The zero-order valence-corrected chi connectivity index (χ0v) is 17.3. The summed E-state index contributed by atoms with van der Waals surface area (Å²) >= 11 is 11.7. The molecule has 0 amide bonds. The van der Waals surface area contributed by atoms with Gasteiger partial charge < -0.3 is 4.98 Å². The van der Waals surface area contributed by atoms with Crippen molar-refractivity contribution in [1.29, 1.82) is 0 Å². The van der Waals surface area contributed by atoms with Gasteiger partial charge >= 0.3 is 0 Å². The van der Waals surface area contributed by atoms with Crippen LogP contribution in [0.4, 0.5) is 0 Å². The predicted molar refractivity (Wildman–Crippen MR) is 104 cm³/mol. The first-order chi connectivity index (χ1) is 12.5. The topological polar surface area (TPSA) is 101 Å². The summed E-state index contributed by atoms with van der Waals surface area (Å²) in [6.45, 7) is 3.44. The molecule has 0 aliphatic carbocycles. The molecule has 11 heteroatoms. The summed E-state index contributed by atoms with van der Waals surface area (Å²) < 4.78 is 27.3. The van der Waals surface area contributed by atoms with Crippen LogP contribution in [0.2, 0.25) is 10.0 Å². The van der Waals surface area contributed by atoms with Crippen LogP contribution in [0.5, 0.6) is 0 Å². The summed E-state index contributed by atoms with van der Waals surface area (Å²) in [6.07, 6.45) is 1.29. The Morgan fingerprint density at radius 2 is 1.93 bits per heavy atom. The largest absolute Gasteiger partial charge is 0.340 e. The number of nitrogens with one attached hydrogen (secondary N) is 1. The monoisotopic (exact) mass is 429 g/mol. The van der Waals surface area contributed by atoms with Gasteiger partial charge in [0, 0.05) is 14.1 Å². The van der Waals surface area contributed by atoms with Crippen LogP contribution >= 0.6 is 23.2 Å². The molecule has 0 saturated carbocycles. The molecular weight excluding hydrogens is 413 g/mol. The van der Waals surface area contributed by atoms with E-state index in [9.17, 15) is 13.2 Å². The normalized spacial score (nSPS) is 13.4. The Bertz CT molecular complexity index is 1200. The quantitative estimate of drug-likeness (QED) is 0.686. The number of rotatable bonds is 4. The lowest BCUT2D eigenvalue weighted by atomic mass is 10.2. The molecular formula is C16H17Cl2N5O3S. The van der Waals surface area contributed by atoms with Crippen LogP contribution in [-0.2, 0) is 10.0 Å². The van der Waals surface area contributed by atoms with Crippen LogP contribution in [-0.4, -0.2) is 46.6 Å². The number of imidazole rings is 1. The van der Waals surface area contributed by atoms with Gasteiger partial charge in [0.05, 0.1) is 27.1 Å². The van der Waals surface area contributed by atoms with Crippen LogP contribution in [0.1, 0.15) is 24.4 Å². The Morgan fingerprint density at radius 3 is 2.56 bits per heavy atom. The SMILES string of the molecule is Cc1cc2[nH]c([C@@H](C)n3ncc(Cl)c(Cl)c3=O)nc2cc1S(=O)(=O)N(C)C. The maximum atomic E-state index is 12.5. The third-order valence-corrected chi connectivity index (χ3v) is 6.92. The lowest BCUT2D eigenvalue weighted by Gasteiger charge is -2.13. The van der Waals surface area contributed by atoms with Gasteiger partial charge in [0.1, 0.15) is 16.9 Å². The first-order valence-corrected chi connectivity index (χ1v) is 10.1. The van der Waals surface area contributed by atoms with E-state index < -0.39 is 21.6 Å².